The molecular weight excluding hydrogens is 459 g/mol. The first-order chi connectivity index (χ1) is 17.1. The molecule has 1 heterocycles. The second kappa shape index (κ2) is 9.65. The summed E-state index contributed by atoms with van der Waals surface area (Å²) in [6.45, 7) is 3.52. The molecule has 1 fully saturated rings. The number of rotatable bonds is 6. The third-order valence-electron chi connectivity index (χ3n) is 6.33. The number of ether oxygens (including phenoxy) is 1. The van der Waals surface area contributed by atoms with Crippen molar-refractivity contribution >= 4 is 38.7 Å². The van der Waals surface area contributed by atoms with E-state index in [1.165, 1.54) is 12.1 Å². The van der Waals surface area contributed by atoms with Crippen molar-refractivity contribution in [1.29, 1.82) is 5.26 Å². The number of para-hydroxylation sites is 1. The van der Waals surface area contributed by atoms with Crippen molar-refractivity contribution in [1.82, 2.24) is 4.98 Å². The number of esters is 1. The van der Waals surface area contributed by atoms with Crippen LogP contribution in [0.15, 0.2) is 78.8 Å². The molecule has 3 aromatic carbocycles. The second-order valence-corrected chi connectivity index (χ2v) is 9.26. The molecule has 4 nitrogen and oxygen atoms in total. The molecule has 1 aromatic heterocycles. The topological polar surface area (TPSA) is 63.0 Å². The van der Waals surface area contributed by atoms with Crippen LogP contribution < -0.4 is 4.74 Å². The fraction of sp³-hybridized carbons (Fsp3) is 0.138. The van der Waals surface area contributed by atoms with E-state index in [4.69, 9.17) is 4.74 Å². The zero-order chi connectivity index (χ0) is 24.4. The zero-order valence-corrected chi connectivity index (χ0v) is 19.6. The average Bonchev–Trinajstić information content (AvgIpc) is 3.31. The number of hydrogen-bond donors (Lipinski definition) is 0. The van der Waals surface area contributed by atoms with E-state index in [0.29, 0.717) is 16.9 Å². The Kier molecular flexibility index (Phi) is 6.26. The fourth-order valence-electron chi connectivity index (χ4n) is 4.48. The number of hydrogen-bond acceptors (Lipinski definition) is 5. The largest absolute Gasteiger partial charge is 0.423 e. The minimum absolute atomic E-state index is 0.178. The van der Waals surface area contributed by atoms with Crippen LogP contribution in [0.4, 0.5) is 4.39 Å². The van der Waals surface area contributed by atoms with Crippen LogP contribution in [0.3, 0.4) is 0 Å². The summed E-state index contributed by atoms with van der Waals surface area (Å²) in [4.78, 5) is 16.7. The molecule has 0 aliphatic heterocycles. The number of carbonyl (C=O) groups excluding carboxylic acids is 1. The van der Waals surface area contributed by atoms with Crippen molar-refractivity contribution in [3.63, 3.8) is 0 Å². The lowest BCUT2D eigenvalue weighted by Crippen LogP contribution is -2.16. The van der Waals surface area contributed by atoms with Crippen LogP contribution in [0.5, 0.6) is 5.75 Å². The van der Waals surface area contributed by atoms with Gasteiger partial charge < -0.3 is 4.74 Å². The lowest BCUT2D eigenvalue weighted by Gasteiger charge is -2.32. The maximum Gasteiger partial charge on any atom is 0.335 e. The summed E-state index contributed by atoms with van der Waals surface area (Å²) in [7, 11) is 0. The van der Waals surface area contributed by atoms with Crippen molar-refractivity contribution in [3.8, 4) is 11.8 Å². The number of carbonyl (C=O) groups is 1. The van der Waals surface area contributed by atoms with Gasteiger partial charge in [0.25, 0.3) is 0 Å². The summed E-state index contributed by atoms with van der Waals surface area (Å²) in [6, 6.07) is 19.9. The van der Waals surface area contributed by atoms with Gasteiger partial charge in [-0.3, -0.25) is 0 Å². The first kappa shape index (κ1) is 22.7. The Hall–Kier alpha value is -4.08. The van der Waals surface area contributed by atoms with Gasteiger partial charge in [0, 0.05) is 11.6 Å². The predicted molar refractivity (Wildman–Crippen MR) is 136 cm³/mol. The Morgan fingerprint density at radius 3 is 2.71 bits per heavy atom. The quantitative estimate of drug-likeness (QED) is 0.127. The van der Waals surface area contributed by atoms with Crippen LogP contribution in [-0.2, 0) is 4.79 Å². The molecule has 0 radical (unpaired) electrons. The Balaban J connectivity index is 1.86. The molecule has 35 heavy (non-hydrogen) atoms. The first-order valence-corrected chi connectivity index (χ1v) is 12.2. The van der Waals surface area contributed by atoms with Crippen LogP contribution in [0.25, 0.3) is 21.4 Å². The molecule has 0 atom stereocenters. The van der Waals surface area contributed by atoms with Gasteiger partial charge in [0.1, 0.15) is 11.6 Å². The van der Waals surface area contributed by atoms with Crippen LogP contribution >= 0.6 is 11.3 Å². The molecule has 1 saturated carbocycles. The summed E-state index contributed by atoms with van der Waals surface area (Å²) in [5.41, 5.74) is 7.03. The van der Waals surface area contributed by atoms with Crippen molar-refractivity contribution in [2.75, 3.05) is 0 Å². The minimum Gasteiger partial charge on any atom is -0.423 e. The van der Waals surface area contributed by atoms with E-state index in [-0.39, 0.29) is 11.5 Å². The smallest absolute Gasteiger partial charge is 0.335 e. The van der Waals surface area contributed by atoms with E-state index < -0.39 is 11.8 Å². The molecule has 6 heteroatoms. The molecule has 0 saturated heterocycles. The number of fused-ring (bicyclic) bond motifs is 1. The number of halogens is 1. The molecular formula is C29H21FN2O2S. The SMILES string of the molecule is C=CC(=O)Oc1ccccc1/C(=C(/c1ccc(F)cc1C#N)C1CCC1)c1ccc2scnc2c1. The Labute approximate surface area is 206 Å². The summed E-state index contributed by atoms with van der Waals surface area (Å²) in [5, 5.41) is 9.88. The van der Waals surface area contributed by atoms with Gasteiger partial charge in [0.2, 0.25) is 0 Å². The normalized spacial score (nSPS) is 14.1. The van der Waals surface area contributed by atoms with Crippen molar-refractivity contribution in [2.24, 2.45) is 5.92 Å². The summed E-state index contributed by atoms with van der Waals surface area (Å²) in [6.07, 6.45) is 4.11. The summed E-state index contributed by atoms with van der Waals surface area (Å²) < 4.78 is 20.8. The van der Waals surface area contributed by atoms with E-state index in [1.807, 2.05) is 30.3 Å². The maximum atomic E-state index is 14.1. The predicted octanol–water partition coefficient (Wildman–Crippen LogP) is 7.16. The number of benzene rings is 3. The number of nitriles is 1. The van der Waals surface area contributed by atoms with Gasteiger partial charge in [-0.2, -0.15) is 5.26 Å². The molecule has 4 aromatic rings. The molecule has 0 unspecified atom stereocenters. The van der Waals surface area contributed by atoms with E-state index in [1.54, 1.807) is 35.0 Å². The molecule has 1 aliphatic rings. The van der Waals surface area contributed by atoms with Gasteiger partial charge in [-0.25, -0.2) is 14.2 Å². The standard InChI is InChI=1S/C29H21FN2O2S/c1-2-27(33)34-25-9-4-3-8-23(25)29(19-10-13-26-24(15-19)32-17-35-26)28(18-6-5-7-18)22-12-11-21(30)14-20(22)16-31/h2-4,8-15,17-18H,1,5-7H2/b29-28+. The highest BCUT2D eigenvalue weighted by atomic mass is 32.1. The van der Waals surface area contributed by atoms with Gasteiger partial charge in [0.15, 0.2) is 0 Å². The van der Waals surface area contributed by atoms with Crippen LogP contribution in [0, 0.1) is 23.1 Å². The highest BCUT2D eigenvalue weighted by Gasteiger charge is 2.30. The summed E-state index contributed by atoms with van der Waals surface area (Å²) >= 11 is 1.56. The second-order valence-electron chi connectivity index (χ2n) is 8.37. The number of allylic oxidation sites excluding steroid dienone is 1. The van der Waals surface area contributed by atoms with Crippen molar-refractivity contribution < 1.29 is 13.9 Å². The van der Waals surface area contributed by atoms with E-state index in [9.17, 15) is 14.4 Å². The van der Waals surface area contributed by atoms with Gasteiger partial charge in [-0.15, -0.1) is 11.3 Å². The molecule has 1 aliphatic carbocycles. The number of nitrogens with zero attached hydrogens (tertiary/aromatic N) is 2. The molecule has 0 spiro atoms. The van der Waals surface area contributed by atoms with Gasteiger partial charge in [0.05, 0.1) is 27.4 Å². The maximum absolute atomic E-state index is 14.1. The Morgan fingerprint density at radius 2 is 1.97 bits per heavy atom. The Morgan fingerprint density at radius 1 is 1.14 bits per heavy atom. The monoisotopic (exact) mass is 480 g/mol. The fourth-order valence-corrected chi connectivity index (χ4v) is 5.14. The third kappa shape index (κ3) is 4.39. The van der Waals surface area contributed by atoms with Gasteiger partial charge in [-0.1, -0.05) is 43.3 Å². The van der Waals surface area contributed by atoms with E-state index >= 15 is 0 Å². The summed E-state index contributed by atoms with van der Waals surface area (Å²) in [5.74, 6) is -0.444. The third-order valence-corrected chi connectivity index (χ3v) is 7.14. The molecule has 5 rings (SSSR count). The minimum atomic E-state index is -0.559. The van der Waals surface area contributed by atoms with Crippen LogP contribution in [0.2, 0.25) is 0 Å². The lowest BCUT2D eigenvalue weighted by molar-refractivity contribution is -0.128. The lowest BCUT2D eigenvalue weighted by atomic mass is 9.72. The van der Waals surface area contributed by atoms with E-state index in [0.717, 1.165) is 52.3 Å². The molecule has 0 N–H and O–H groups in total. The van der Waals surface area contributed by atoms with Gasteiger partial charge >= 0.3 is 5.97 Å². The van der Waals surface area contributed by atoms with Crippen LogP contribution in [-0.4, -0.2) is 11.0 Å². The number of thiazole rings is 1. The van der Waals surface area contributed by atoms with Crippen molar-refractivity contribution in [2.45, 2.75) is 19.3 Å². The number of aromatic nitrogens is 1. The highest BCUT2D eigenvalue weighted by molar-refractivity contribution is 7.16. The molecule has 0 amide bonds. The van der Waals surface area contributed by atoms with E-state index in [2.05, 4.69) is 17.6 Å². The van der Waals surface area contributed by atoms with Crippen molar-refractivity contribution in [3.05, 3.63) is 107 Å². The van der Waals surface area contributed by atoms with Gasteiger partial charge in [-0.05, 0) is 71.4 Å². The molecule has 0 bridgehead atoms. The Bertz CT molecular complexity index is 1530. The first-order valence-electron chi connectivity index (χ1n) is 11.3. The highest BCUT2D eigenvalue weighted by Crippen LogP contribution is 2.47. The average molecular weight is 481 g/mol. The zero-order valence-electron chi connectivity index (χ0n) is 18.8. The molecule has 172 valence electrons. The van der Waals surface area contributed by atoms with Crippen LogP contribution in [0.1, 0.15) is 41.5 Å².